The van der Waals surface area contributed by atoms with Gasteiger partial charge in [0, 0.05) is 6.42 Å². The van der Waals surface area contributed by atoms with Gasteiger partial charge in [0.05, 0.1) is 38.6 Å². The Morgan fingerprint density at radius 2 is 0.657 bits per heavy atom. The average molecular weight is 1450 g/mol. The first kappa shape index (κ1) is 93.7. The van der Waals surface area contributed by atoms with E-state index in [0.29, 0.717) is 12.8 Å². The van der Waals surface area contributed by atoms with Crippen LogP contribution in [-0.2, 0) is 33.2 Å². The Balaban J connectivity index is 1.35. The molecule has 3 rings (SSSR count). The van der Waals surface area contributed by atoms with Crippen LogP contribution in [0.2, 0.25) is 0 Å². The Hall–Kier alpha value is -2.51. The van der Waals surface area contributed by atoms with E-state index in [1.54, 1.807) is 6.08 Å². The summed E-state index contributed by atoms with van der Waals surface area (Å²) in [4.78, 5) is 13.5. The molecule has 12 N–H and O–H groups in total. The fraction of sp³-hybridized carbons (Fsp3) is 0.867. The highest BCUT2D eigenvalue weighted by molar-refractivity contribution is 5.76. The molecule has 3 heterocycles. The van der Waals surface area contributed by atoms with Crippen LogP contribution in [0.5, 0.6) is 0 Å². The van der Waals surface area contributed by atoms with Crippen molar-refractivity contribution < 1.29 is 89.4 Å². The van der Waals surface area contributed by atoms with E-state index in [1.165, 1.54) is 244 Å². The van der Waals surface area contributed by atoms with Crippen LogP contribution in [0.15, 0.2) is 60.8 Å². The third-order valence-corrected chi connectivity index (χ3v) is 20.5. The molecular weight excluding hydrogens is 1300 g/mol. The van der Waals surface area contributed by atoms with Gasteiger partial charge in [0.2, 0.25) is 5.91 Å². The molecular formula is C83H151NO18. The summed E-state index contributed by atoms with van der Waals surface area (Å²) in [5.41, 5.74) is 0. The van der Waals surface area contributed by atoms with Crippen LogP contribution >= 0.6 is 0 Å². The molecule has 3 aliphatic rings. The minimum atomic E-state index is -1.98. The number of aliphatic hydroxyl groups is 11. The molecule has 3 fully saturated rings. The Morgan fingerprint density at radius 3 is 1.05 bits per heavy atom. The first-order valence-electron chi connectivity index (χ1n) is 41.5. The van der Waals surface area contributed by atoms with Gasteiger partial charge in [0.1, 0.15) is 73.2 Å². The third-order valence-electron chi connectivity index (χ3n) is 20.5. The van der Waals surface area contributed by atoms with Crippen molar-refractivity contribution in [1.29, 1.82) is 0 Å². The van der Waals surface area contributed by atoms with E-state index in [9.17, 15) is 61.0 Å². The lowest BCUT2D eigenvalue weighted by Gasteiger charge is -2.48. The van der Waals surface area contributed by atoms with Crippen LogP contribution in [0.1, 0.15) is 328 Å². The molecule has 0 radical (unpaired) electrons. The minimum Gasteiger partial charge on any atom is -0.394 e. The number of ether oxygens (including phenoxy) is 6. The second kappa shape index (κ2) is 63.4. The molecule has 0 saturated carbocycles. The standard InChI is InChI=1S/C83H151NO18/c1-3-5-7-9-11-13-15-17-19-21-23-25-27-28-29-30-31-32-33-34-35-36-37-38-39-41-43-45-47-49-51-53-55-57-59-61-71(89)84-66(67(88)60-58-56-54-52-50-48-46-44-42-40-26-24-22-20-18-16-14-12-10-8-6-4-2)65-97-81-77(95)74(92)79(69(63-86)99-81)102-83-78(96)75(93)80(70(64-87)100-83)101-82-76(94)73(91)72(90)68(62-85)98-82/h15,17,21,23,27-28,50,52,58,60,66-70,72-83,85-88,90-96H,3-14,16,18-20,22,24-26,29-49,51,53-57,59,61-65H2,1-2H3,(H,84,89)/b17-15-,23-21-,28-27-,52-50+,60-58+. The molecule has 19 nitrogen and oxygen atoms in total. The molecule has 17 unspecified atom stereocenters. The SMILES string of the molecule is CCCCCCC/C=C\C/C=C\C/C=C\CCCCCCCCCCCCCCCCCCCCCCC(=O)NC(COC1OC(CO)C(OC2OC(CO)C(OC3OC(CO)C(O)C(O)C3O)C(O)C2O)C(O)C1O)C(O)/C=C/CC/C=C/CCCCCCCCCCCCCCCCCC. The molecule has 3 saturated heterocycles. The van der Waals surface area contributed by atoms with Gasteiger partial charge in [-0.3, -0.25) is 4.79 Å². The third kappa shape index (κ3) is 42.9. The van der Waals surface area contributed by atoms with Crippen LogP contribution in [0, 0.1) is 0 Å². The smallest absolute Gasteiger partial charge is 0.220 e. The Morgan fingerprint density at radius 1 is 0.353 bits per heavy atom. The van der Waals surface area contributed by atoms with E-state index in [2.05, 4.69) is 67.8 Å². The predicted octanol–water partition coefficient (Wildman–Crippen LogP) is 14.2. The summed E-state index contributed by atoms with van der Waals surface area (Å²) < 4.78 is 34.4. The number of carbonyl (C=O) groups excluding carboxylic acids is 1. The highest BCUT2D eigenvalue weighted by Gasteiger charge is 2.54. The van der Waals surface area contributed by atoms with Crippen molar-refractivity contribution in [1.82, 2.24) is 5.32 Å². The molecule has 0 aromatic rings. The van der Waals surface area contributed by atoms with Crippen molar-refractivity contribution in [2.45, 2.75) is 433 Å². The zero-order valence-corrected chi connectivity index (χ0v) is 63.8. The highest BCUT2D eigenvalue weighted by atomic mass is 16.8. The number of aliphatic hydroxyl groups excluding tert-OH is 11. The normalized spacial score (nSPS) is 26.5. The monoisotopic (exact) mass is 1450 g/mol. The van der Waals surface area contributed by atoms with Crippen LogP contribution in [-0.4, -0.2) is 193 Å². The number of hydrogen-bond donors (Lipinski definition) is 12. The first-order chi connectivity index (χ1) is 49.8. The highest BCUT2D eigenvalue weighted by Crippen LogP contribution is 2.33. The maximum absolute atomic E-state index is 13.5. The van der Waals surface area contributed by atoms with Crippen molar-refractivity contribution in [3.05, 3.63) is 60.8 Å². The Bertz CT molecular complexity index is 2080. The summed E-state index contributed by atoms with van der Waals surface area (Å²) in [6, 6.07) is -0.992. The Labute approximate surface area is 617 Å². The molecule has 17 atom stereocenters. The van der Waals surface area contributed by atoms with E-state index in [4.69, 9.17) is 28.4 Å². The van der Waals surface area contributed by atoms with Crippen molar-refractivity contribution in [3.8, 4) is 0 Å². The lowest BCUT2D eigenvalue weighted by atomic mass is 9.96. The number of allylic oxidation sites excluding steroid dienone is 9. The molecule has 1 amide bonds. The number of nitrogens with one attached hydrogen (secondary N) is 1. The summed E-state index contributed by atoms with van der Waals surface area (Å²) >= 11 is 0. The minimum absolute atomic E-state index is 0.237. The zero-order valence-electron chi connectivity index (χ0n) is 63.8. The van der Waals surface area contributed by atoms with Gasteiger partial charge in [0.15, 0.2) is 18.9 Å². The number of carbonyl (C=O) groups is 1. The van der Waals surface area contributed by atoms with Gasteiger partial charge >= 0.3 is 0 Å². The molecule has 0 aromatic carbocycles. The molecule has 0 spiro atoms. The molecule has 102 heavy (non-hydrogen) atoms. The fourth-order valence-electron chi connectivity index (χ4n) is 13.9. The summed E-state index contributed by atoms with van der Waals surface area (Å²) in [5, 5.41) is 121. The van der Waals surface area contributed by atoms with Gasteiger partial charge in [-0.15, -0.1) is 0 Å². The van der Waals surface area contributed by atoms with Gasteiger partial charge in [0.25, 0.3) is 0 Å². The van der Waals surface area contributed by atoms with Crippen molar-refractivity contribution in [2.75, 3.05) is 26.4 Å². The molecule has 0 bridgehead atoms. The van der Waals surface area contributed by atoms with Crippen LogP contribution < -0.4 is 5.32 Å². The summed E-state index contributed by atoms with van der Waals surface area (Å²) in [6.45, 7) is 1.75. The fourth-order valence-corrected chi connectivity index (χ4v) is 13.9. The van der Waals surface area contributed by atoms with Gasteiger partial charge in [-0.1, -0.05) is 312 Å². The lowest BCUT2D eigenvalue weighted by Crippen LogP contribution is -2.66. The summed E-state index contributed by atoms with van der Waals surface area (Å²) in [5.74, 6) is -0.281. The average Bonchev–Trinajstić information content (AvgIpc) is 0.781. The van der Waals surface area contributed by atoms with E-state index in [0.717, 1.165) is 51.4 Å². The van der Waals surface area contributed by atoms with E-state index in [-0.39, 0.29) is 18.9 Å². The van der Waals surface area contributed by atoms with E-state index in [1.807, 2.05) is 6.08 Å². The van der Waals surface area contributed by atoms with Gasteiger partial charge in [-0.05, 0) is 70.6 Å². The van der Waals surface area contributed by atoms with Crippen LogP contribution in [0.3, 0.4) is 0 Å². The maximum Gasteiger partial charge on any atom is 0.220 e. The molecule has 19 heteroatoms. The number of rotatable bonds is 66. The van der Waals surface area contributed by atoms with Gasteiger partial charge in [-0.2, -0.15) is 0 Å². The zero-order chi connectivity index (χ0) is 73.9. The van der Waals surface area contributed by atoms with E-state index >= 15 is 0 Å². The van der Waals surface area contributed by atoms with Crippen LogP contribution in [0.4, 0.5) is 0 Å². The Kier molecular flexibility index (Phi) is 58.3. The van der Waals surface area contributed by atoms with Crippen molar-refractivity contribution in [3.63, 3.8) is 0 Å². The van der Waals surface area contributed by atoms with Gasteiger partial charge in [-0.25, -0.2) is 0 Å². The molecule has 0 aromatic heterocycles. The molecule has 3 aliphatic heterocycles. The topological polar surface area (TPSA) is 307 Å². The van der Waals surface area contributed by atoms with Crippen molar-refractivity contribution >= 4 is 5.91 Å². The summed E-state index contributed by atoms with van der Waals surface area (Å²) in [7, 11) is 0. The maximum atomic E-state index is 13.5. The lowest BCUT2D eigenvalue weighted by molar-refractivity contribution is -0.379. The number of unbranched alkanes of at least 4 members (excludes halogenated alkanes) is 42. The largest absolute Gasteiger partial charge is 0.394 e. The second-order valence-corrected chi connectivity index (χ2v) is 29.6. The predicted molar refractivity (Wildman–Crippen MR) is 406 cm³/mol. The van der Waals surface area contributed by atoms with Crippen molar-refractivity contribution in [2.24, 2.45) is 0 Å². The second-order valence-electron chi connectivity index (χ2n) is 29.6. The quantitative estimate of drug-likeness (QED) is 0.0199. The molecule has 596 valence electrons. The molecule has 0 aliphatic carbocycles. The number of hydrogen-bond acceptors (Lipinski definition) is 18. The summed E-state index contributed by atoms with van der Waals surface area (Å²) in [6.07, 6.45) is 55.0. The van der Waals surface area contributed by atoms with Crippen LogP contribution in [0.25, 0.3) is 0 Å². The number of amides is 1. The van der Waals surface area contributed by atoms with Gasteiger partial charge < -0.3 is 89.9 Å². The first-order valence-corrected chi connectivity index (χ1v) is 41.5. The van der Waals surface area contributed by atoms with E-state index < -0.39 is 124 Å².